The predicted octanol–water partition coefficient (Wildman–Crippen LogP) is 10.3. The zero-order valence-electron chi connectivity index (χ0n) is 28.4. The van der Waals surface area contributed by atoms with E-state index in [-0.39, 0.29) is 16.0 Å². The first kappa shape index (κ1) is 34.3. The molecule has 0 amide bonds. The fourth-order valence-electron chi connectivity index (χ4n) is 4.69. The van der Waals surface area contributed by atoms with Gasteiger partial charge < -0.3 is 23.2 Å². The van der Waals surface area contributed by atoms with E-state index in [1.807, 2.05) is 12.1 Å². The number of hydrogen-bond donors (Lipinski definition) is 0. The van der Waals surface area contributed by atoms with E-state index in [0.29, 0.717) is 19.1 Å². The van der Waals surface area contributed by atoms with Crippen LogP contribution in [-0.2, 0) is 6.54 Å². The predicted molar refractivity (Wildman–Crippen MR) is 190 cm³/mol. The second kappa shape index (κ2) is 13.4. The zero-order chi connectivity index (χ0) is 32.3. The average molecular weight is 654 g/mol. The van der Waals surface area contributed by atoms with Crippen molar-refractivity contribution in [1.82, 2.24) is 0 Å². The molecule has 0 aromatic heterocycles. The SMILES string of the molecule is CC(C)(C)[Si](C)(C)Oc1cccc(C2COc3cc(O[Si](C)(C)C(C)(C)C)ccc3N(Cc3ccc(OCCCl)cc3)C2)c1. The minimum Gasteiger partial charge on any atom is -0.543 e. The highest BCUT2D eigenvalue weighted by Gasteiger charge is 2.40. The van der Waals surface area contributed by atoms with E-state index < -0.39 is 16.6 Å². The summed E-state index contributed by atoms with van der Waals surface area (Å²) in [4.78, 5) is 2.43. The summed E-state index contributed by atoms with van der Waals surface area (Å²) in [6, 6.07) is 23.3. The molecule has 44 heavy (non-hydrogen) atoms. The summed E-state index contributed by atoms with van der Waals surface area (Å²) >= 11 is 5.81. The second-order valence-electron chi connectivity index (χ2n) is 15.0. The van der Waals surface area contributed by atoms with E-state index in [9.17, 15) is 0 Å². The molecule has 1 aliphatic heterocycles. The Hall–Kier alpha value is -2.62. The van der Waals surface area contributed by atoms with E-state index in [4.69, 9.17) is 29.9 Å². The maximum atomic E-state index is 6.69. The second-order valence-corrected chi connectivity index (χ2v) is 24.8. The number of ether oxygens (including phenoxy) is 2. The molecule has 0 saturated carbocycles. The van der Waals surface area contributed by atoms with Crippen molar-refractivity contribution < 1.29 is 18.3 Å². The Labute approximate surface area is 273 Å². The number of fused-ring (bicyclic) bond motifs is 1. The number of benzene rings is 3. The van der Waals surface area contributed by atoms with Crippen LogP contribution in [0.5, 0.6) is 23.0 Å². The molecular weight excluding hydrogens is 602 g/mol. The minimum atomic E-state index is -2.00. The lowest BCUT2D eigenvalue weighted by Crippen LogP contribution is -2.43. The van der Waals surface area contributed by atoms with Gasteiger partial charge in [0.2, 0.25) is 16.6 Å². The first-order chi connectivity index (χ1) is 20.5. The van der Waals surface area contributed by atoms with Gasteiger partial charge in [-0.25, -0.2) is 0 Å². The number of halogens is 1. The molecule has 3 aromatic rings. The standard InChI is InChI=1S/C36H52ClNO4Si2/c1-35(2,3)43(7,8)41-31-13-11-12-28(22-31)29-25-38(24-27-14-16-30(17-15-27)39-21-20-37)33-19-18-32(23-34(33)40-26-29)42-44(9,10)36(4,5)6/h11-19,22-23,29H,20-21,24-26H2,1-10H3. The van der Waals surface area contributed by atoms with Gasteiger partial charge in [-0.1, -0.05) is 65.8 Å². The summed E-state index contributed by atoms with van der Waals surface area (Å²) in [5.74, 6) is 4.13. The number of hydrogen-bond acceptors (Lipinski definition) is 5. The molecule has 0 fully saturated rings. The van der Waals surface area contributed by atoms with Crippen molar-refractivity contribution in [2.75, 3.05) is 30.5 Å². The van der Waals surface area contributed by atoms with Gasteiger partial charge in [0.1, 0.15) is 29.6 Å². The molecule has 0 spiro atoms. The van der Waals surface area contributed by atoms with E-state index >= 15 is 0 Å². The lowest BCUT2D eigenvalue weighted by molar-refractivity contribution is 0.298. The Bertz CT molecular complexity index is 1400. The maximum absolute atomic E-state index is 6.69. The van der Waals surface area contributed by atoms with Crippen molar-refractivity contribution in [3.63, 3.8) is 0 Å². The lowest BCUT2D eigenvalue weighted by Gasteiger charge is -2.36. The topological polar surface area (TPSA) is 40.2 Å². The van der Waals surface area contributed by atoms with Crippen LogP contribution in [0.15, 0.2) is 66.7 Å². The Morgan fingerprint density at radius 1 is 0.795 bits per heavy atom. The largest absolute Gasteiger partial charge is 0.543 e. The average Bonchev–Trinajstić information content (AvgIpc) is 3.10. The summed E-state index contributed by atoms with van der Waals surface area (Å²) in [7, 11) is -3.97. The van der Waals surface area contributed by atoms with Gasteiger partial charge in [-0.2, -0.15) is 0 Å². The van der Waals surface area contributed by atoms with Gasteiger partial charge in [0, 0.05) is 25.1 Å². The van der Waals surface area contributed by atoms with Crippen molar-refractivity contribution in [2.24, 2.45) is 0 Å². The van der Waals surface area contributed by atoms with E-state index in [1.165, 1.54) is 11.1 Å². The Morgan fingerprint density at radius 3 is 1.98 bits per heavy atom. The van der Waals surface area contributed by atoms with Crippen molar-refractivity contribution >= 4 is 33.9 Å². The molecule has 8 heteroatoms. The van der Waals surface area contributed by atoms with Crippen molar-refractivity contribution in [3.05, 3.63) is 77.9 Å². The highest BCUT2D eigenvalue weighted by Crippen LogP contribution is 2.42. The van der Waals surface area contributed by atoms with Crippen LogP contribution in [0, 0.1) is 0 Å². The Kier molecular flexibility index (Phi) is 10.4. The third-order valence-electron chi connectivity index (χ3n) is 9.48. The molecule has 240 valence electrons. The zero-order valence-corrected chi connectivity index (χ0v) is 31.2. The van der Waals surface area contributed by atoms with Crippen LogP contribution >= 0.6 is 11.6 Å². The van der Waals surface area contributed by atoms with Crippen LogP contribution in [0.4, 0.5) is 5.69 Å². The van der Waals surface area contributed by atoms with Gasteiger partial charge in [0.25, 0.3) is 0 Å². The fourth-order valence-corrected chi connectivity index (χ4v) is 6.81. The molecule has 0 N–H and O–H groups in total. The summed E-state index contributed by atoms with van der Waals surface area (Å²) in [5, 5.41) is 0.233. The number of anilines is 1. The minimum absolute atomic E-state index is 0.106. The first-order valence-electron chi connectivity index (χ1n) is 15.8. The fraction of sp³-hybridized carbons (Fsp3) is 0.500. The smallest absolute Gasteiger partial charge is 0.250 e. The quantitative estimate of drug-likeness (QED) is 0.161. The molecule has 1 aliphatic rings. The number of nitrogens with zero attached hydrogens (tertiary/aromatic N) is 1. The number of rotatable bonds is 10. The molecular formula is C36H52ClNO4Si2. The van der Waals surface area contributed by atoms with Crippen molar-refractivity contribution in [1.29, 1.82) is 0 Å². The van der Waals surface area contributed by atoms with E-state index in [0.717, 1.165) is 41.8 Å². The van der Waals surface area contributed by atoms with Crippen molar-refractivity contribution in [3.8, 4) is 23.0 Å². The van der Waals surface area contributed by atoms with Gasteiger partial charge in [0.05, 0.1) is 18.2 Å². The molecule has 1 atom stereocenters. The molecule has 3 aromatic carbocycles. The maximum Gasteiger partial charge on any atom is 0.250 e. The summed E-state index contributed by atoms with van der Waals surface area (Å²) in [5.41, 5.74) is 3.50. The van der Waals surface area contributed by atoms with Gasteiger partial charge in [-0.15, -0.1) is 11.6 Å². The molecule has 1 unspecified atom stereocenters. The third-order valence-corrected chi connectivity index (χ3v) is 18.4. The molecule has 1 heterocycles. The third kappa shape index (κ3) is 8.35. The van der Waals surface area contributed by atoms with Gasteiger partial charge in [0.15, 0.2) is 0 Å². The Balaban J connectivity index is 1.65. The van der Waals surface area contributed by atoms with E-state index in [1.54, 1.807) is 0 Å². The molecule has 4 rings (SSSR count). The summed E-state index contributed by atoms with van der Waals surface area (Å²) in [6.07, 6.45) is 0. The lowest BCUT2D eigenvalue weighted by atomic mass is 9.99. The highest BCUT2D eigenvalue weighted by molar-refractivity contribution is 6.75. The van der Waals surface area contributed by atoms with Crippen LogP contribution in [0.2, 0.25) is 36.3 Å². The summed E-state index contributed by atoms with van der Waals surface area (Å²) < 4.78 is 25.7. The van der Waals surface area contributed by atoms with Gasteiger partial charge in [-0.3, -0.25) is 0 Å². The first-order valence-corrected chi connectivity index (χ1v) is 22.1. The van der Waals surface area contributed by atoms with Crippen LogP contribution in [-0.4, -0.2) is 42.3 Å². The normalized spacial score (nSPS) is 16.1. The summed E-state index contributed by atoms with van der Waals surface area (Å²) in [6.45, 7) is 25.4. The van der Waals surface area contributed by atoms with Crippen molar-refractivity contribution in [2.45, 2.75) is 90.3 Å². The monoisotopic (exact) mass is 653 g/mol. The Morgan fingerprint density at radius 2 is 1.39 bits per heavy atom. The van der Waals surface area contributed by atoms with Crippen LogP contribution < -0.4 is 23.2 Å². The number of alkyl halides is 1. The van der Waals surface area contributed by atoms with Crippen LogP contribution in [0.3, 0.4) is 0 Å². The highest BCUT2D eigenvalue weighted by atomic mass is 35.5. The molecule has 0 aliphatic carbocycles. The van der Waals surface area contributed by atoms with E-state index in [2.05, 4.69) is 127 Å². The van der Waals surface area contributed by atoms with Gasteiger partial charge in [-0.05, 0) is 83.8 Å². The van der Waals surface area contributed by atoms with Crippen LogP contribution in [0.1, 0.15) is 58.6 Å². The molecule has 5 nitrogen and oxygen atoms in total. The molecule has 0 radical (unpaired) electrons. The molecule has 0 saturated heterocycles. The van der Waals surface area contributed by atoms with Crippen LogP contribution in [0.25, 0.3) is 0 Å². The van der Waals surface area contributed by atoms with Gasteiger partial charge >= 0.3 is 0 Å². The molecule has 0 bridgehead atoms.